The first kappa shape index (κ1) is 20.0. The van der Waals surface area contributed by atoms with E-state index < -0.39 is 35.9 Å². The van der Waals surface area contributed by atoms with E-state index in [1.165, 1.54) is 15.4 Å². The van der Waals surface area contributed by atoms with E-state index in [0.717, 1.165) is 5.56 Å². The summed E-state index contributed by atoms with van der Waals surface area (Å²) in [5.41, 5.74) is -1.23. The molecule has 11 heteroatoms. The van der Waals surface area contributed by atoms with Gasteiger partial charge in [0.2, 0.25) is 5.72 Å². The first-order valence-corrected chi connectivity index (χ1v) is 9.24. The largest absolute Gasteiger partial charge is 0.497 e. The monoisotopic (exact) mass is 415 g/mol. The van der Waals surface area contributed by atoms with Crippen LogP contribution in [0.2, 0.25) is 0 Å². The topological polar surface area (TPSA) is 144 Å². The van der Waals surface area contributed by atoms with Gasteiger partial charge in [-0.3, -0.25) is 14.3 Å². The summed E-state index contributed by atoms with van der Waals surface area (Å²) in [6, 6.07) is 7.16. The lowest BCUT2D eigenvalue weighted by molar-refractivity contribution is -0.187. The van der Waals surface area contributed by atoms with Crippen LogP contribution in [0.25, 0.3) is 11.3 Å². The molecule has 0 spiro atoms. The van der Waals surface area contributed by atoms with Gasteiger partial charge < -0.3 is 19.7 Å². The number of nitrogens with zero attached hydrogens (tertiary/aromatic N) is 4. The highest BCUT2D eigenvalue weighted by molar-refractivity contribution is 5.58. The number of aliphatic hydroxyl groups is 2. The van der Waals surface area contributed by atoms with Gasteiger partial charge in [-0.15, -0.1) is 5.10 Å². The molecular formula is C19H21N5O6. The van der Waals surface area contributed by atoms with E-state index in [-0.39, 0.29) is 6.42 Å². The highest BCUT2D eigenvalue weighted by Gasteiger charge is 2.51. The van der Waals surface area contributed by atoms with Gasteiger partial charge in [0.1, 0.15) is 23.8 Å². The summed E-state index contributed by atoms with van der Waals surface area (Å²) in [4.78, 5) is 26.0. The number of methoxy groups -OCH3 is 1. The number of hydrogen-bond acceptors (Lipinski definition) is 8. The van der Waals surface area contributed by atoms with Gasteiger partial charge in [-0.25, -0.2) is 9.48 Å². The van der Waals surface area contributed by atoms with Crippen molar-refractivity contribution < 1.29 is 19.7 Å². The van der Waals surface area contributed by atoms with E-state index in [4.69, 9.17) is 9.47 Å². The maximum absolute atomic E-state index is 12.2. The van der Waals surface area contributed by atoms with Crippen molar-refractivity contribution in [1.29, 1.82) is 0 Å². The Balaban J connectivity index is 1.67. The van der Waals surface area contributed by atoms with Crippen LogP contribution >= 0.6 is 0 Å². The molecule has 4 rings (SSSR count). The highest BCUT2D eigenvalue weighted by atomic mass is 16.6. The van der Waals surface area contributed by atoms with Gasteiger partial charge in [-0.05, 0) is 31.2 Å². The molecule has 3 atom stereocenters. The number of nitrogens with one attached hydrogen (secondary N) is 1. The Morgan fingerprint density at radius 2 is 2.03 bits per heavy atom. The lowest BCUT2D eigenvalue weighted by Gasteiger charge is -2.29. The average molecular weight is 415 g/mol. The van der Waals surface area contributed by atoms with Crippen LogP contribution in [0.15, 0.2) is 46.2 Å². The Hall–Kier alpha value is -3.28. The minimum Gasteiger partial charge on any atom is -0.497 e. The van der Waals surface area contributed by atoms with Crippen LogP contribution in [-0.4, -0.2) is 54.6 Å². The third kappa shape index (κ3) is 3.22. The number of aromatic amines is 1. The van der Waals surface area contributed by atoms with Crippen molar-refractivity contribution in [3.63, 3.8) is 0 Å². The molecule has 2 aromatic heterocycles. The molecular weight excluding hydrogens is 394 g/mol. The molecule has 0 unspecified atom stereocenters. The molecule has 1 aromatic carbocycles. The van der Waals surface area contributed by atoms with Crippen LogP contribution in [0.5, 0.6) is 5.75 Å². The molecule has 1 saturated heterocycles. The van der Waals surface area contributed by atoms with Crippen molar-refractivity contribution in [2.45, 2.75) is 31.4 Å². The zero-order valence-corrected chi connectivity index (χ0v) is 16.3. The van der Waals surface area contributed by atoms with Crippen molar-refractivity contribution in [1.82, 2.24) is 24.5 Å². The maximum atomic E-state index is 12.2. The molecule has 3 N–H and O–H groups in total. The fraction of sp³-hybridized carbons (Fsp3) is 0.368. The van der Waals surface area contributed by atoms with Crippen molar-refractivity contribution in [3.05, 3.63) is 63.1 Å². The first-order valence-electron chi connectivity index (χ1n) is 9.24. The molecule has 3 aromatic rings. The molecule has 0 radical (unpaired) electrons. The zero-order chi connectivity index (χ0) is 21.5. The van der Waals surface area contributed by atoms with Crippen molar-refractivity contribution in [2.75, 3.05) is 13.7 Å². The van der Waals surface area contributed by atoms with Gasteiger partial charge in [0.15, 0.2) is 0 Å². The normalized spacial score (nSPS) is 23.6. The molecule has 3 heterocycles. The summed E-state index contributed by atoms with van der Waals surface area (Å²) < 4.78 is 13.5. The van der Waals surface area contributed by atoms with E-state index in [1.807, 2.05) is 0 Å². The fourth-order valence-electron chi connectivity index (χ4n) is 3.47. The molecule has 11 nitrogen and oxygen atoms in total. The van der Waals surface area contributed by atoms with Crippen LogP contribution in [0, 0.1) is 6.92 Å². The van der Waals surface area contributed by atoms with Crippen LogP contribution in [0.4, 0.5) is 0 Å². The number of benzene rings is 1. The summed E-state index contributed by atoms with van der Waals surface area (Å²) >= 11 is 0. The van der Waals surface area contributed by atoms with Crippen LogP contribution in [-0.2, 0) is 10.5 Å². The summed E-state index contributed by atoms with van der Waals surface area (Å²) in [5.74, 6) is 0.692. The smallest absolute Gasteiger partial charge is 0.330 e. The zero-order valence-electron chi connectivity index (χ0n) is 16.3. The number of aromatic nitrogens is 5. The average Bonchev–Trinajstić information content (AvgIpc) is 3.36. The Morgan fingerprint density at radius 3 is 2.70 bits per heavy atom. The lowest BCUT2D eigenvalue weighted by Crippen LogP contribution is -2.46. The number of aryl methyl sites for hydroxylation is 1. The molecule has 0 aliphatic carbocycles. The van der Waals surface area contributed by atoms with Crippen molar-refractivity contribution >= 4 is 0 Å². The molecule has 0 saturated carbocycles. The Labute approximate surface area is 170 Å². The van der Waals surface area contributed by atoms with E-state index in [0.29, 0.717) is 17.0 Å². The van der Waals surface area contributed by atoms with E-state index in [1.54, 1.807) is 44.5 Å². The second kappa shape index (κ2) is 7.52. The second-order valence-electron chi connectivity index (χ2n) is 7.08. The standard InChI is InChI=1S/C19H21N5O6/c1-11-8-23(18(28)20-17(11)27)16-7-15(26)19(10-25,30-16)24-9-14(21-22-24)12-3-5-13(29-2)6-4-12/h3-6,8-9,15-16,25-26H,7,10H2,1-2H3,(H,20,27,28)/t15-,16+,19+/m0/s1. The number of rotatable bonds is 5. The van der Waals surface area contributed by atoms with Gasteiger partial charge in [0.25, 0.3) is 5.56 Å². The van der Waals surface area contributed by atoms with E-state index in [2.05, 4.69) is 15.3 Å². The van der Waals surface area contributed by atoms with Crippen molar-refractivity contribution in [3.8, 4) is 17.0 Å². The number of aliphatic hydroxyl groups excluding tert-OH is 2. The molecule has 1 aliphatic rings. The predicted octanol–water partition coefficient (Wildman–Crippen LogP) is -0.263. The maximum Gasteiger partial charge on any atom is 0.330 e. The summed E-state index contributed by atoms with van der Waals surface area (Å²) in [6.45, 7) is 0.950. The number of ether oxygens (including phenoxy) is 2. The first-order chi connectivity index (χ1) is 14.4. The molecule has 1 aliphatic heterocycles. The predicted molar refractivity (Wildman–Crippen MR) is 104 cm³/mol. The van der Waals surface area contributed by atoms with Crippen LogP contribution in [0.3, 0.4) is 0 Å². The quantitative estimate of drug-likeness (QED) is 0.517. The van der Waals surface area contributed by atoms with Gasteiger partial charge in [-0.1, -0.05) is 5.21 Å². The van der Waals surface area contributed by atoms with Crippen LogP contribution in [0.1, 0.15) is 18.2 Å². The Kier molecular flexibility index (Phi) is 5.02. The minimum atomic E-state index is -1.63. The van der Waals surface area contributed by atoms with E-state index in [9.17, 15) is 19.8 Å². The second-order valence-corrected chi connectivity index (χ2v) is 7.08. The molecule has 0 amide bonds. The molecule has 158 valence electrons. The van der Waals surface area contributed by atoms with Gasteiger partial charge in [0, 0.05) is 23.7 Å². The third-order valence-corrected chi connectivity index (χ3v) is 5.24. The lowest BCUT2D eigenvalue weighted by atomic mass is 10.1. The van der Waals surface area contributed by atoms with E-state index >= 15 is 0 Å². The number of H-pyrrole nitrogens is 1. The fourth-order valence-corrected chi connectivity index (χ4v) is 3.47. The Bertz CT molecular complexity index is 1170. The summed E-state index contributed by atoms with van der Waals surface area (Å²) in [6.07, 6.45) is 0.811. The number of hydrogen-bond donors (Lipinski definition) is 3. The molecule has 0 bridgehead atoms. The summed E-state index contributed by atoms with van der Waals surface area (Å²) in [7, 11) is 1.57. The summed E-state index contributed by atoms with van der Waals surface area (Å²) in [5, 5.41) is 28.9. The SMILES string of the molecule is COc1ccc(-c2cn([C@]3(CO)O[C@@H](n4cc(C)c(=O)[nH]c4=O)C[C@@H]3O)nn2)cc1. The minimum absolute atomic E-state index is 0.00365. The van der Waals surface area contributed by atoms with Crippen molar-refractivity contribution in [2.24, 2.45) is 0 Å². The van der Waals surface area contributed by atoms with Crippen LogP contribution < -0.4 is 16.0 Å². The van der Waals surface area contributed by atoms with Gasteiger partial charge in [0.05, 0.1) is 19.9 Å². The third-order valence-electron chi connectivity index (χ3n) is 5.24. The van der Waals surface area contributed by atoms with Gasteiger partial charge in [-0.2, -0.15) is 0 Å². The van der Waals surface area contributed by atoms with Gasteiger partial charge >= 0.3 is 5.69 Å². The molecule has 30 heavy (non-hydrogen) atoms. The highest BCUT2D eigenvalue weighted by Crippen LogP contribution is 2.39. The molecule has 1 fully saturated rings. The Morgan fingerprint density at radius 1 is 1.30 bits per heavy atom.